The van der Waals surface area contributed by atoms with E-state index in [1.807, 2.05) is 24.1 Å². The first kappa shape index (κ1) is 19.3. The number of rotatable bonds is 7. The molecule has 1 aromatic carbocycles. The van der Waals surface area contributed by atoms with Crippen molar-refractivity contribution in [3.05, 3.63) is 29.8 Å². The lowest BCUT2D eigenvalue weighted by Crippen LogP contribution is -2.38. The lowest BCUT2D eigenvalue weighted by molar-refractivity contribution is -0.145. The van der Waals surface area contributed by atoms with Gasteiger partial charge in [-0.15, -0.1) is 0 Å². The maximum atomic E-state index is 12.6. The van der Waals surface area contributed by atoms with Gasteiger partial charge in [0.05, 0.1) is 13.0 Å². The van der Waals surface area contributed by atoms with E-state index in [0.717, 1.165) is 12.2 Å². The van der Waals surface area contributed by atoms with Crippen molar-refractivity contribution < 1.29 is 19.4 Å². The van der Waals surface area contributed by atoms with Gasteiger partial charge in [0.2, 0.25) is 5.91 Å². The topological polar surface area (TPSA) is 66.8 Å². The Morgan fingerprint density at radius 3 is 2.24 bits per heavy atom. The van der Waals surface area contributed by atoms with Crippen molar-refractivity contribution in [3.8, 4) is 5.75 Å². The quantitative estimate of drug-likeness (QED) is 0.822. The number of hydrogen-bond acceptors (Lipinski definition) is 3. The van der Waals surface area contributed by atoms with E-state index in [1.54, 1.807) is 7.11 Å². The monoisotopic (exact) mass is 347 g/mol. The van der Waals surface area contributed by atoms with E-state index in [1.165, 1.54) is 5.56 Å². The van der Waals surface area contributed by atoms with Gasteiger partial charge in [0, 0.05) is 19.5 Å². The van der Waals surface area contributed by atoms with Crippen LogP contribution in [0.3, 0.4) is 0 Å². The molecule has 0 heterocycles. The fraction of sp³-hybridized carbons (Fsp3) is 0.600. The highest BCUT2D eigenvalue weighted by molar-refractivity contribution is 5.79. The minimum Gasteiger partial charge on any atom is -0.497 e. The minimum absolute atomic E-state index is 0.0196. The van der Waals surface area contributed by atoms with Gasteiger partial charge in [0.1, 0.15) is 5.75 Å². The van der Waals surface area contributed by atoms with Gasteiger partial charge < -0.3 is 14.7 Å². The van der Waals surface area contributed by atoms with Crippen LogP contribution in [-0.4, -0.2) is 42.6 Å². The number of nitrogens with zero attached hydrogens (tertiary/aromatic N) is 1. The molecule has 2 rings (SSSR count). The van der Waals surface area contributed by atoms with Crippen molar-refractivity contribution >= 4 is 11.9 Å². The Balaban J connectivity index is 1.80. The Labute approximate surface area is 150 Å². The molecule has 5 nitrogen and oxygen atoms in total. The number of hydrogen-bond donors (Lipinski definition) is 1. The number of carbonyl (C=O) groups is 2. The molecule has 138 valence electrons. The van der Waals surface area contributed by atoms with Crippen LogP contribution < -0.4 is 4.74 Å². The number of methoxy groups -OCH3 is 1. The minimum atomic E-state index is -0.729. The average Bonchev–Trinajstić information content (AvgIpc) is 2.61. The van der Waals surface area contributed by atoms with Gasteiger partial charge in [-0.25, -0.2) is 0 Å². The summed E-state index contributed by atoms with van der Waals surface area (Å²) in [6.45, 7) is 2.86. The SMILES string of the molecule is COc1ccc(CC(C)CN(C)C(=O)C2CCC(C(=O)O)CC2)cc1. The van der Waals surface area contributed by atoms with Crippen LogP contribution in [0.1, 0.15) is 38.2 Å². The first-order chi connectivity index (χ1) is 11.9. The molecule has 0 saturated heterocycles. The molecule has 1 aliphatic rings. The number of benzene rings is 1. The molecule has 1 atom stereocenters. The summed E-state index contributed by atoms with van der Waals surface area (Å²) in [6.07, 6.45) is 3.51. The molecule has 5 heteroatoms. The Kier molecular flexibility index (Phi) is 6.85. The maximum Gasteiger partial charge on any atom is 0.306 e. The van der Waals surface area contributed by atoms with E-state index in [2.05, 4.69) is 19.1 Å². The van der Waals surface area contributed by atoms with E-state index in [4.69, 9.17) is 9.84 Å². The van der Waals surface area contributed by atoms with E-state index in [9.17, 15) is 9.59 Å². The smallest absolute Gasteiger partial charge is 0.306 e. The van der Waals surface area contributed by atoms with Crippen LogP contribution in [-0.2, 0) is 16.0 Å². The van der Waals surface area contributed by atoms with Crippen LogP contribution in [0, 0.1) is 17.8 Å². The summed E-state index contributed by atoms with van der Waals surface area (Å²) >= 11 is 0. The lowest BCUT2D eigenvalue weighted by Gasteiger charge is -2.30. The highest BCUT2D eigenvalue weighted by atomic mass is 16.5. The van der Waals surface area contributed by atoms with Crippen molar-refractivity contribution in [1.82, 2.24) is 4.90 Å². The Bertz CT molecular complexity index is 576. The van der Waals surface area contributed by atoms with Gasteiger partial charge in [0.15, 0.2) is 0 Å². The largest absolute Gasteiger partial charge is 0.497 e. The summed E-state index contributed by atoms with van der Waals surface area (Å²) in [5, 5.41) is 9.06. The fourth-order valence-electron chi connectivity index (χ4n) is 3.69. The standard InChI is InChI=1S/C20H29NO4/c1-14(12-15-4-10-18(25-3)11-5-15)13-21(2)19(22)16-6-8-17(9-7-16)20(23)24/h4-5,10-11,14,16-17H,6-9,12-13H2,1-3H3,(H,23,24). The second-order valence-corrected chi connectivity index (χ2v) is 7.26. The third-order valence-corrected chi connectivity index (χ3v) is 5.13. The van der Waals surface area contributed by atoms with Gasteiger partial charge in [0.25, 0.3) is 0 Å². The third-order valence-electron chi connectivity index (χ3n) is 5.13. The first-order valence-corrected chi connectivity index (χ1v) is 9.01. The zero-order chi connectivity index (χ0) is 18.4. The van der Waals surface area contributed by atoms with Crippen LogP contribution in [0.15, 0.2) is 24.3 Å². The van der Waals surface area contributed by atoms with E-state index in [-0.39, 0.29) is 17.7 Å². The molecular formula is C20H29NO4. The zero-order valence-electron chi connectivity index (χ0n) is 15.4. The van der Waals surface area contributed by atoms with Crippen molar-refractivity contribution in [2.75, 3.05) is 20.7 Å². The summed E-state index contributed by atoms with van der Waals surface area (Å²) in [7, 11) is 3.51. The van der Waals surface area contributed by atoms with Crippen LogP contribution in [0.4, 0.5) is 0 Å². The molecular weight excluding hydrogens is 318 g/mol. The van der Waals surface area contributed by atoms with Gasteiger partial charge in [-0.05, 0) is 55.7 Å². The van der Waals surface area contributed by atoms with Gasteiger partial charge in [-0.2, -0.15) is 0 Å². The summed E-state index contributed by atoms with van der Waals surface area (Å²) in [5.74, 6) is 0.341. The van der Waals surface area contributed by atoms with E-state index in [0.29, 0.717) is 38.1 Å². The van der Waals surface area contributed by atoms with Crippen LogP contribution >= 0.6 is 0 Å². The number of carboxylic acid groups (broad SMARTS) is 1. The summed E-state index contributed by atoms with van der Waals surface area (Å²) < 4.78 is 5.17. The second kappa shape index (κ2) is 8.88. The maximum absolute atomic E-state index is 12.6. The molecule has 25 heavy (non-hydrogen) atoms. The summed E-state index contributed by atoms with van der Waals surface area (Å²) in [6, 6.07) is 8.03. The van der Waals surface area contributed by atoms with Gasteiger partial charge in [-0.3, -0.25) is 9.59 Å². The van der Waals surface area contributed by atoms with Crippen molar-refractivity contribution in [2.45, 2.75) is 39.0 Å². The molecule has 0 spiro atoms. The Morgan fingerprint density at radius 1 is 1.16 bits per heavy atom. The molecule has 1 amide bonds. The number of amides is 1. The second-order valence-electron chi connectivity index (χ2n) is 7.26. The fourth-order valence-corrected chi connectivity index (χ4v) is 3.69. The molecule has 1 fully saturated rings. The zero-order valence-corrected chi connectivity index (χ0v) is 15.4. The van der Waals surface area contributed by atoms with Gasteiger partial charge >= 0.3 is 5.97 Å². The van der Waals surface area contributed by atoms with Crippen LogP contribution in [0.25, 0.3) is 0 Å². The predicted octanol–water partition coefficient (Wildman–Crippen LogP) is 3.22. The van der Waals surface area contributed by atoms with E-state index < -0.39 is 5.97 Å². The number of carboxylic acids is 1. The third kappa shape index (κ3) is 5.48. The van der Waals surface area contributed by atoms with Crippen LogP contribution in [0.5, 0.6) is 5.75 Å². The summed E-state index contributed by atoms with van der Waals surface area (Å²) in [5.41, 5.74) is 1.23. The van der Waals surface area contributed by atoms with E-state index >= 15 is 0 Å². The Morgan fingerprint density at radius 2 is 1.72 bits per heavy atom. The predicted molar refractivity (Wildman–Crippen MR) is 96.6 cm³/mol. The molecule has 1 aliphatic carbocycles. The molecule has 1 aromatic rings. The molecule has 0 aromatic heterocycles. The first-order valence-electron chi connectivity index (χ1n) is 9.01. The van der Waals surface area contributed by atoms with Crippen molar-refractivity contribution in [1.29, 1.82) is 0 Å². The molecule has 0 bridgehead atoms. The Hall–Kier alpha value is -2.04. The summed E-state index contributed by atoms with van der Waals surface area (Å²) in [4.78, 5) is 25.4. The number of carbonyl (C=O) groups excluding carboxylic acids is 1. The molecule has 0 aliphatic heterocycles. The molecule has 1 N–H and O–H groups in total. The highest BCUT2D eigenvalue weighted by Gasteiger charge is 2.31. The average molecular weight is 347 g/mol. The van der Waals surface area contributed by atoms with Crippen molar-refractivity contribution in [2.24, 2.45) is 17.8 Å². The van der Waals surface area contributed by atoms with Gasteiger partial charge in [-0.1, -0.05) is 19.1 Å². The molecule has 1 saturated carbocycles. The molecule has 0 radical (unpaired) electrons. The number of ether oxygens (including phenoxy) is 1. The van der Waals surface area contributed by atoms with Crippen molar-refractivity contribution in [3.63, 3.8) is 0 Å². The highest BCUT2D eigenvalue weighted by Crippen LogP contribution is 2.30. The van der Waals surface area contributed by atoms with Crippen LogP contribution in [0.2, 0.25) is 0 Å². The number of aliphatic carboxylic acids is 1. The molecule has 1 unspecified atom stereocenters. The normalized spacial score (nSPS) is 21.4. The lowest BCUT2D eigenvalue weighted by atomic mass is 9.81.